The molecule has 0 aliphatic rings. The summed E-state index contributed by atoms with van der Waals surface area (Å²) in [4.78, 5) is 20.1. The first kappa shape index (κ1) is 17.5. The van der Waals surface area contributed by atoms with Crippen LogP contribution in [0.5, 0.6) is 0 Å². The second-order valence-corrected chi connectivity index (χ2v) is 3.87. The third-order valence-electron chi connectivity index (χ3n) is 1.81. The molecule has 0 aliphatic heterocycles. The molecule has 0 heterocycles. The van der Waals surface area contributed by atoms with Gasteiger partial charge in [-0.1, -0.05) is 20.3 Å². The Bertz CT molecular complexity index is 170. The number of nitrogens with one attached hydrogen (secondary N) is 1. The highest BCUT2D eigenvalue weighted by Gasteiger charge is 1.97. The number of rotatable bonds is 7. The van der Waals surface area contributed by atoms with E-state index in [1.165, 1.54) is 7.11 Å². The molecule has 0 rings (SSSR count). The number of ether oxygens (including phenoxy) is 1. The van der Waals surface area contributed by atoms with Crippen molar-refractivity contribution in [1.29, 1.82) is 0 Å². The molecule has 0 atom stereocenters. The first-order valence-corrected chi connectivity index (χ1v) is 5.75. The maximum atomic E-state index is 10.6. The monoisotopic (exact) mass is 231 g/mol. The van der Waals surface area contributed by atoms with E-state index >= 15 is 0 Å². The average molecular weight is 231 g/mol. The molecule has 1 N–H and O–H groups in total. The van der Waals surface area contributed by atoms with Gasteiger partial charge in [0.15, 0.2) is 0 Å². The van der Waals surface area contributed by atoms with E-state index in [9.17, 15) is 9.59 Å². The summed E-state index contributed by atoms with van der Waals surface area (Å²) < 4.78 is 4.50. The molecule has 0 amide bonds. The minimum absolute atomic E-state index is 0.102. The van der Waals surface area contributed by atoms with Crippen LogP contribution in [-0.2, 0) is 14.3 Å². The van der Waals surface area contributed by atoms with Gasteiger partial charge in [0.1, 0.15) is 6.29 Å². The van der Waals surface area contributed by atoms with Gasteiger partial charge in [0.25, 0.3) is 0 Å². The normalized spacial score (nSPS) is 9.31. The lowest BCUT2D eigenvalue weighted by Crippen LogP contribution is -2.07. The quantitative estimate of drug-likeness (QED) is 0.412. The summed E-state index contributed by atoms with van der Waals surface area (Å²) in [5.41, 5.74) is 0. The number of hydrogen-bond acceptors (Lipinski definition) is 4. The molecule has 0 radical (unpaired) electrons. The highest BCUT2D eigenvalue weighted by atomic mass is 16.5. The van der Waals surface area contributed by atoms with Crippen molar-refractivity contribution < 1.29 is 14.3 Å². The molecule has 4 heteroatoms. The van der Waals surface area contributed by atoms with Crippen LogP contribution in [0.25, 0.3) is 0 Å². The predicted octanol–water partition coefficient (Wildman–Crippen LogP) is 1.78. The summed E-state index contributed by atoms with van der Waals surface area (Å²) in [7, 11) is 3.36. The fourth-order valence-corrected chi connectivity index (χ4v) is 0.850. The molecule has 0 saturated heterocycles. The third kappa shape index (κ3) is 18.8. The second-order valence-electron chi connectivity index (χ2n) is 3.87. The number of aldehydes is 1. The number of carbonyl (C=O) groups excluding carboxylic acids is 2. The van der Waals surface area contributed by atoms with Crippen molar-refractivity contribution in [3.63, 3.8) is 0 Å². The first-order chi connectivity index (χ1) is 7.58. The number of carbonyl (C=O) groups is 2. The Balaban J connectivity index is 0. The van der Waals surface area contributed by atoms with Crippen molar-refractivity contribution in [2.45, 2.75) is 39.5 Å². The fraction of sp³-hybridized carbons (Fsp3) is 0.833. The van der Waals surface area contributed by atoms with Crippen LogP contribution in [0.4, 0.5) is 0 Å². The molecule has 16 heavy (non-hydrogen) atoms. The van der Waals surface area contributed by atoms with Gasteiger partial charge in [-0.15, -0.1) is 0 Å². The van der Waals surface area contributed by atoms with Crippen molar-refractivity contribution >= 4 is 12.3 Å². The predicted molar refractivity (Wildman–Crippen MR) is 65.3 cm³/mol. The van der Waals surface area contributed by atoms with Crippen molar-refractivity contribution in [1.82, 2.24) is 5.32 Å². The maximum absolute atomic E-state index is 10.6. The Labute approximate surface area is 98.7 Å². The van der Waals surface area contributed by atoms with Gasteiger partial charge in [-0.2, -0.15) is 0 Å². The van der Waals surface area contributed by atoms with Crippen LogP contribution >= 0.6 is 0 Å². The molecular weight excluding hydrogens is 206 g/mol. The maximum Gasteiger partial charge on any atom is 0.305 e. The Morgan fingerprint density at radius 2 is 1.88 bits per heavy atom. The largest absolute Gasteiger partial charge is 0.469 e. The molecule has 0 unspecified atom stereocenters. The third-order valence-corrected chi connectivity index (χ3v) is 1.81. The standard InChI is InChI=1S/C8H17NO2.C4H8O/c1-9-7-5-3-4-6-8(10)11-2;1-4(2)3-5/h9H,3-7H2,1-2H3;3-4H,1-2H3. The summed E-state index contributed by atoms with van der Waals surface area (Å²) >= 11 is 0. The van der Waals surface area contributed by atoms with Crippen LogP contribution < -0.4 is 5.32 Å². The summed E-state index contributed by atoms with van der Waals surface area (Å²) in [5.74, 6) is 0.101. The fourth-order valence-electron chi connectivity index (χ4n) is 0.850. The number of hydrogen-bond donors (Lipinski definition) is 1. The van der Waals surface area contributed by atoms with E-state index in [4.69, 9.17) is 0 Å². The molecular formula is C12H25NO3. The number of methoxy groups -OCH3 is 1. The van der Waals surface area contributed by atoms with Crippen molar-refractivity contribution in [3.05, 3.63) is 0 Å². The molecule has 96 valence electrons. The lowest BCUT2D eigenvalue weighted by atomic mass is 10.2. The molecule has 4 nitrogen and oxygen atoms in total. The van der Waals surface area contributed by atoms with Crippen molar-refractivity contribution in [3.8, 4) is 0 Å². The molecule has 0 aliphatic carbocycles. The van der Waals surface area contributed by atoms with Gasteiger partial charge in [0, 0.05) is 12.3 Å². The molecule has 0 fully saturated rings. The Morgan fingerprint density at radius 3 is 2.25 bits per heavy atom. The van der Waals surface area contributed by atoms with Gasteiger partial charge >= 0.3 is 5.97 Å². The van der Waals surface area contributed by atoms with Crippen LogP contribution in [-0.4, -0.2) is 33.0 Å². The average Bonchev–Trinajstić information content (AvgIpc) is 2.29. The Morgan fingerprint density at radius 1 is 1.31 bits per heavy atom. The Kier molecular flexibility index (Phi) is 15.4. The summed E-state index contributed by atoms with van der Waals surface area (Å²) in [5, 5.41) is 3.05. The van der Waals surface area contributed by atoms with E-state index in [0.717, 1.165) is 32.1 Å². The summed E-state index contributed by atoms with van der Waals surface area (Å²) in [6, 6.07) is 0. The molecule has 0 bridgehead atoms. The molecule has 0 aromatic heterocycles. The van der Waals surface area contributed by atoms with Crippen LogP contribution in [0.15, 0.2) is 0 Å². The van der Waals surface area contributed by atoms with E-state index in [2.05, 4.69) is 10.1 Å². The van der Waals surface area contributed by atoms with Gasteiger partial charge in [-0.05, 0) is 26.4 Å². The van der Waals surface area contributed by atoms with Gasteiger partial charge < -0.3 is 14.8 Å². The lowest BCUT2D eigenvalue weighted by molar-refractivity contribution is -0.140. The number of esters is 1. The smallest absolute Gasteiger partial charge is 0.305 e. The van der Waals surface area contributed by atoms with Gasteiger partial charge in [-0.25, -0.2) is 0 Å². The van der Waals surface area contributed by atoms with Crippen molar-refractivity contribution in [2.75, 3.05) is 20.7 Å². The minimum atomic E-state index is -0.102. The Hall–Kier alpha value is -0.900. The zero-order valence-corrected chi connectivity index (χ0v) is 10.9. The van der Waals surface area contributed by atoms with E-state index in [1.54, 1.807) is 0 Å². The van der Waals surface area contributed by atoms with Crippen LogP contribution in [0.2, 0.25) is 0 Å². The summed E-state index contributed by atoms with van der Waals surface area (Å²) in [6.45, 7) is 4.74. The van der Waals surface area contributed by atoms with E-state index < -0.39 is 0 Å². The second kappa shape index (κ2) is 14.1. The first-order valence-electron chi connectivity index (χ1n) is 5.75. The molecule has 0 aromatic rings. The highest BCUT2D eigenvalue weighted by Crippen LogP contribution is 1.99. The topological polar surface area (TPSA) is 55.4 Å². The molecule has 0 aromatic carbocycles. The molecule has 0 spiro atoms. The van der Waals surface area contributed by atoms with E-state index in [1.807, 2.05) is 20.9 Å². The van der Waals surface area contributed by atoms with E-state index in [0.29, 0.717) is 6.42 Å². The lowest BCUT2D eigenvalue weighted by Gasteiger charge is -1.99. The molecule has 0 saturated carbocycles. The summed E-state index contributed by atoms with van der Waals surface area (Å²) in [6.07, 6.45) is 4.64. The van der Waals surface area contributed by atoms with Gasteiger partial charge in [-0.3, -0.25) is 4.79 Å². The van der Waals surface area contributed by atoms with Gasteiger partial charge in [0.2, 0.25) is 0 Å². The van der Waals surface area contributed by atoms with Crippen LogP contribution in [0, 0.1) is 5.92 Å². The zero-order valence-electron chi connectivity index (χ0n) is 10.9. The zero-order chi connectivity index (χ0) is 12.8. The van der Waals surface area contributed by atoms with Crippen LogP contribution in [0.3, 0.4) is 0 Å². The minimum Gasteiger partial charge on any atom is -0.469 e. The van der Waals surface area contributed by atoms with Crippen LogP contribution in [0.1, 0.15) is 39.5 Å². The SMILES string of the molecule is CC(C)C=O.CNCCCCCC(=O)OC. The van der Waals surface area contributed by atoms with Crippen molar-refractivity contribution in [2.24, 2.45) is 5.92 Å². The van der Waals surface area contributed by atoms with E-state index in [-0.39, 0.29) is 11.9 Å². The highest BCUT2D eigenvalue weighted by molar-refractivity contribution is 5.68. The van der Waals surface area contributed by atoms with Gasteiger partial charge in [0.05, 0.1) is 7.11 Å². The number of unbranched alkanes of at least 4 members (excludes halogenated alkanes) is 2.